The number of aliphatic imine (C=N–C) groups is 1. The smallest absolute Gasteiger partial charge is 0.224 e. The van der Waals surface area contributed by atoms with E-state index in [1.165, 1.54) is 0 Å². The van der Waals surface area contributed by atoms with E-state index in [2.05, 4.69) is 22.0 Å². The van der Waals surface area contributed by atoms with E-state index in [1.807, 2.05) is 12.1 Å². The number of amides is 1. The lowest BCUT2D eigenvalue weighted by Crippen LogP contribution is -2.34. The van der Waals surface area contributed by atoms with Crippen molar-refractivity contribution in [3.05, 3.63) is 34.5 Å². The second-order valence-electron chi connectivity index (χ2n) is 6.63. The van der Waals surface area contributed by atoms with Crippen molar-refractivity contribution in [3.8, 4) is 0 Å². The molecular weight excluding hydrogens is 374 g/mol. The van der Waals surface area contributed by atoms with Gasteiger partial charge < -0.3 is 5.32 Å². The highest BCUT2D eigenvalue weighted by Gasteiger charge is 2.26. The van der Waals surface area contributed by atoms with Gasteiger partial charge in [0, 0.05) is 31.3 Å². The minimum absolute atomic E-state index is 0.0229. The van der Waals surface area contributed by atoms with Crippen molar-refractivity contribution >= 4 is 45.0 Å². The van der Waals surface area contributed by atoms with Crippen LogP contribution in [0.4, 0.5) is 5.69 Å². The number of aryl methyl sites for hydroxylation is 1. The molecule has 0 aromatic heterocycles. The van der Waals surface area contributed by atoms with Crippen molar-refractivity contribution in [3.63, 3.8) is 0 Å². The molecule has 26 heavy (non-hydrogen) atoms. The molecule has 0 aliphatic carbocycles. The maximum atomic E-state index is 11.7. The lowest BCUT2D eigenvalue weighted by molar-refractivity contribution is -0.116. The van der Waals surface area contributed by atoms with E-state index in [9.17, 15) is 13.2 Å². The molecule has 6 nitrogen and oxygen atoms in total. The monoisotopic (exact) mass is 395 g/mol. The fourth-order valence-corrected chi connectivity index (χ4v) is 4.16. The number of nitrogens with one attached hydrogen (secondary N) is 2. The highest BCUT2D eigenvalue weighted by atomic mass is 35.5. The first kappa shape index (κ1) is 19.1. The SMILES string of the molecule is CCS(=O)(=O)NCC1C=NC=C(c2cc(Cl)c3c(c2)CCC(=O)N3)C1C. The van der Waals surface area contributed by atoms with Crippen molar-refractivity contribution in [2.24, 2.45) is 16.8 Å². The first-order valence-corrected chi connectivity index (χ1v) is 10.7. The molecule has 3 rings (SSSR count). The van der Waals surface area contributed by atoms with Gasteiger partial charge in [-0.25, -0.2) is 13.1 Å². The summed E-state index contributed by atoms with van der Waals surface area (Å²) >= 11 is 6.38. The van der Waals surface area contributed by atoms with E-state index in [4.69, 9.17) is 11.6 Å². The summed E-state index contributed by atoms with van der Waals surface area (Å²) in [7, 11) is -3.24. The molecule has 8 heteroatoms. The van der Waals surface area contributed by atoms with Gasteiger partial charge in [-0.3, -0.25) is 9.79 Å². The van der Waals surface area contributed by atoms with Gasteiger partial charge in [-0.1, -0.05) is 18.5 Å². The van der Waals surface area contributed by atoms with Crippen LogP contribution in [0.5, 0.6) is 0 Å². The molecule has 2 atom stereocenters. The molecule has 2 N–H and O–H groups in total. The molecule has 1 aromatic rings. The predicted molar refractivity (Wildman–Crippen MR) is 105 cm³/mol. The molecule has 0 saturated heterocycles. The van der Waals surface area contributed by atoms with Crippen molar-refractivity contribution in [2.45, 2.75) is 26.7 Å². The molecule has 2 aliphatic rings. The van der Waals surface area contributed by atoms with Crippen LogP contribution in [0.15, 0.2) is 23.3 Å². The van der Waals surface area contributed by atoms with Crippen LogP contribution in [-0.4, -0.2) is 32.8 Å². The molecule has 1 aromatic carbocycles. The average molecular weight is 396 g/mol. The molecule has 0 spiro atoms. The summed E-state index contributed by atoms with van der Waals surface area (Å²) in [6.45, 7) is 3.98. The number of carbonyl (C=O) groups excluding carboxylic acids is 1. The second-order valence-corrected chi connectivity index (χ2v) is 9.13. The highest BCUT2D eigenvalue weighted by Crippen LogP contribution is 2.38. The van der Waals surface area contributed by atoms with Crippen LogP contribution in [0.1, 0.15) is 31.4 Å². The van der Waals surface area contributed by atoms with Crippen molar-refractivity contribution in [1.29, 1.82) is 0 Å². The van der Waals surface area contributed by atoms with E-state index in [-0.39, 0.29) is 23.5 Å². The Kier molecular flexibility index (Phi) is 5.50. The largest absolute Gasteiger partial charge is 0.325 e. The van der Waals surface area contributed by atoms with Crippen LogP contribution in [0.3, 0.4) is 0 Å². The van der Waals surface area contributed by atoms with E-state index in [0.717, 1.165) is 16.7 Å². The molecule has 0 bridgehead atoms. The Balaban J connectivity index is 1.83. The third kappa shape index (κ3) is 4.00. The summed E-state index contributed by atoms with van der Waals surface area (Å²) in [5.74, 6) is 0.0792. The number of fused-ring (bicyclic) bond motifs is 1. The number of carbonyl (C=O) groups is 1. The summed E-state index contributed by atoms with van der Waals surface area (Å²) in [5.41, 5.74) is 3.66. The molecule has 1 amide bonds. The number of nitrogens with zero attached hydrogens (tertiary/aromatic N) is 1. The lowest BCUT2D eigenvalue weighted by atomic mass is 9.82. The number of hydrogen-bond donors (Lipinski definition) is 2. The second kappa shape index (κ2) is 7.50. The normalized spacial score (nSPS) is 22.6. The Bertz CT molecular complexity index is 893. The van der Waals surface area contributed by atoms with E-state index in [1.54, 1.807) is 19.3 Å². The standard InChI is InChI=1S/C18H22ClN3O3S/c1-3-26(24,25)21-9-14-8-20-10-15(11(14)2)13-6-12-4-5-17(23)22-18(12)16(19)7-13/h6-8,10-11,14,21H,3-5,9H2,1-2H3,(H,22,23). The van der Waals surface area contributed by atoms with Gasteiger partial charge >= 0.3 is 0 Å². The maximum Gasteiger partial charge on any atom is 0.224 e. The number of sulfonamides is 1. The average Bonchev–Trinajstić information content (AvgIpc) is 2.61. The van der Waals surface area contributed by atoms with Gasteiger partial charge in [0.15, 0.2) is 0 Å². The van der Waals surface area contributed by atoms with Gasteiger partial charge in [-0.2, -0.15) is 0 Å². The number of hydrogen-bond acceptors (Lipinski definition) is 4. The Morgan fingerprint density at radius 1 is 1.35 bits per heavy atom. The van der Waals surface area contributed by atoms with Gasteiger partial charge in [0.1, 0.15) is 0 Å². The van der Waals surface area contributed by atoms with E-state index < -0.39 is 10.0 Å². The van der Waals surface area contributed by atoms with Crippen LogP contribution >= 0.6 is 11.6 Å². The van der Waals surface area contributed by atoms with Crippen LogP contribution in [0.25, 0.3) is 5.57 Å². The zero-order chi connectivity index (χ0) is 18.9. The first-order valence-electron chi connectivity index (χ1n) is 8.64. The quantitative estimate of drug-likeness (QED) is 0.803. The minimum atomic E-state index is -3.24. The summed E-state index contributed by atoms with van der Waals surface area (Å²) < 4.78 is 26.0. The number of allylic oxidation sites excluding steroid dienone is 1. The van der Waals surface area contributed by atoms with Crippen molar-refractivity contribution in [1.82, 2.24) is 4.72 Å². The Morgan fingerprint density at radius 3 is 2.85 bits per heavy atom. The predicted octanol–water partition coefficient (Wildman–Crippen LogP) is 2.84. The third-order valence-electron chi connectivity index (χ3n) is 4.93. The summed E-state index contributed by atoms with van der Waals surface area (Å²) in [5, 5.41) is 3.34. The van der Waals surface area contributed by atoms with Gasteiger partial charge in [0.25, 0.3) is 0 Å². The van der Waals surface area contributed by atoms with Crippen LogP contribution in [0, 0.1) is 11.8 Å². The molecule has 140 valence electrons. The Hall–Kier alpha value is -1.70. The minimum Gasteiger partial charge on any atom is -0.325 e. The third-order valence-corrected chi connectivity index (χ3v) is 6.60. The molecule has 0 radical (unpaired) electrons. The number of rotatable bonds is 5. The van der Waals surface area contributed by atoms with Gasteiger partial charge in [0.2, 0.25) is 15.9 Å². The van der Waals surface area contributed by atoms with Gasteiger partial charge in [-0.05, 0) is 48.1 Å². The Labute approximate surface area is 158 Å². The van der Waals surface area contributed by atoms with Crippen LogP contribution in [-0.2, 0) is 21.2 Å². The summed E-state index contributed by atoms with van der Waals surface area (Å²) in [6, 6.07) is 3.87. The zero-order valence-corrected chi connectivity index (χ0v) is 16.3. The van der Waals surface area contributed by atoms with E-state index in [0.29, 0.717) is 30.1 Å². The molecule has 2 heterocycles. The molecule has 0 saturated carbocycles. The fourth-order valence-electron chi connectivity index (χ4n) is 3.22. The van der Waals surface area contributed by atoms with Crippen molar-refractivity contribution < 1.29 is 13.2 Å². The van der Waals surface area contributed by atoms with Gasteiger partial charge in [0.05, 0.1) is 16.5 Å². The highest BCUT2D eigenvalue weighted by molar-refractivity contribution is 7.89. The lowest BCUT2D eigenvalue weighted by Gasteiger charge is -2.27. The number of anilines is 1. The van der Waals surface area contributed by atoms with Crippen LogP contribution in [0.2, 0.25) is 5.02 Å². The number of halogens is 1. The molecule has 2 unspecified atom stereocenters. The topological polar surface area (TPSA) is 87.6 Å². The summed E-state index contributed by atoms with van der Waals surface area (Å²) in [6.07, 6.45) is 4.68. The number of benzene rings is 1. The molecule has 0 fully saturated rings. The fraction of sp³-hybridized carbons (Fsp3) is 0.444. The Morgan fingerprint density at radius 2 is 2.12 bits per heavy atom. The van der Waals surface area contributed by atoms with Gasteiger partial charge in [-0.15, -0.1) is 0 Å². The molecular formula is C18H22ClN3O3S. The zero-order valence-electron chi connectivity index (χ0n) is 14.8. The van der Waals surface area contributed by atoms with Crippen LogP contribution < -0.4 is 10.0 Å². The van der Waals surface area contributed by atoms with E-state index >= 15 is 0 Å². The summed E-state index contributed by atoms with van der Waals surface area (Å²) in [4.78, 5) is 15.9. The van der Waals surface area contributed by atoms with Crippen molar-refractivity contribution in [2.75, 3.05) is 17.6 Å². The first-order chi connectivity index (χ1) is 12.3. The maximum absolute atomic E-state index is 11.7. The molecule has 2 aliphatic heterocycles.